The highest BCUT2D eigenvalue weighted by atomic mass is 19.4. The Bertz CT molecular complexity index is 270. The van der Waals surface area contributed by atoms with Crippen molar-refractivity contribution in [2.75, 3.05) is 0 Å². The molecule has 9 heteroatoms. The molecule has 16 heavy (non-hydrogen) atoms. The van der Waals surface area contributed by atoms with Gasteiger partial charge in [-0.2, -0.15) is 26.3 Å². The van der Waals surface area contributed by atoms with Crippen molar-refractivity contribution in [2.24, 2.45) is 0 Å². The van der Waals surface area contributed by atoms with Crippen molar-refractivity contribution in [3.63, 3.8) is 0 Å². The average Bonchev–Trinajstić information content (AvgIpc) is 1.96. The molecule has 0 aromatic rings. The third kappa shape index (κ3) is 2.07. The number of alkyl halides is 7. The van der Waals surface area contributed by atoms with Gasteiger partial charge in [-0.1, -0.05) is 0 Å². The molecule has 0 aliphatic carbocycles. The van der Waals surface area contributed by atoms with E-state index in [4.69, 9.17) is 0 Å². The largest absolute Gasteiger partial charge is 0.462 e. The SMILES string of the molecule is O=C1CC(CC(F)(C(F)(F)F)C(F)(F)F)O1. The number of carbonyl (C=O) groups excluding carboxylic acids is 1. The maximum Gasteiger partial charge on any atom is 0.431 e. The normalized spacial score (nSPS) is 22.7. The van der Waals surface area contributed by atoms with Crippen molar-refractivity contribution < 1.29 is 40.3 Å². The van der Waals surface area contributed by atoms with E-state index in [0.29, 0.717) is 0 Å². The van der Waals surface area contributed by atoms with E-state index in [1.165, 1.54) is 0 Å². The summed E-state index contributed by atoms with van der Waals surface area (Å²) in [6, 6.07) is 0. The summed E-state index contributed by atoms with van der Waals surface area (Å²) >= 11 is 0. The molecule has 94 valence electrons. The number of rotatable bonds is 2. The van der Waals surface area contributed by atoms with Crippen LogP contribution in [0.3, 0.4) is 0 Å². The van der Waals surface area contributed by atoms with Crippen LogP contribution in [0.2, 0.25) is 0 Å². The van der Waals surface area contributed by atoms with Gasteiger partial charge in [-0.15, -0.1) is 0 Å². The summed E-state index contributed by atoms with van der Waals surface area (Å²) in [6.45, 7) is 0. The molecule has 1 saturated heterocycles. The first-order chi connectivity index (χ1) is 6.97. The van der Waals surface area contributed by atoms with Crippen LogP contribution >= 0.6 is 0 Å². The maximum atomic E-state index is 13.0. The van der Waals surface area contributed by atoms with Crippen LogP contribution in [0.5, 0.6) is 0 Å². The molecule has 1 rings (SSSR count). The molecule has 1 heterocycles. The van der Waals surface area contributed by atoms with Gasteiger partial charge in [0.25, 0.3) is 0 Å². The molecule has 1 fully saturated rings. The van der Waals surface area contributed by atoms with E-state index in [1.54, 1.807) is 0 Å². The zero-order valence-corrected chi connectivity index (χ0v) is 7.45. The number of carbonyl (C=O) groups is 1. The van der Waals surface area contributed by atoms with Gasteiger partial charge < -0.3 is 4.74 Å². The number of halogens is 7. The summed E-state index contributed by atoms with van der Waals surface area (Å²) < 4.78 is 88.8. The fourth-order valence-electron chi connectivity index (χ4n) is 1.18. The van der Waals surface area contributed by atoms with Gasteiger partial charge in [-0.05, 0) is 0 Å². The fourth-order valence-corrected chi connectivity index (χ4v) is 1.18. The Hall–Kier alpha value is -1.02. The van der Waals surface area contributed by atoms with Crippen LogP contribution in [-0.4, -0.2) is 30.1 Å². The molecule has 0 N–H and O–H groups in total. The molecule has 0 spiro atoms. The first kappa shape index (κ1) is 13.0. The van der Waals surface area contributed by atoms with Crippen molar-refractivity contribution in [3.05, 3.63) is 0 Å². The van der Waals surface area contributed by atoms with Gasteiger partial charge in [0.05, 0.1) is 6.42 Å². The minimum atomic E-state index is -6.09. The summed E-state index contributed by atoms with van der Waals surface area (Å²) in [5.41, 5.74) is -5.34. The standard InChI is InChI=1S/C7H5F7O2/c8-5(6(9,10)11,7(12,13)14)2-3-1-4(15)16-3/h3H,1-2H2. The van der Waals surface area contributed by atoms with Crippen molar-refractivity contribution >= 4 is 5.97 Å². The summed E-state index contributed by atoms with van der Waals surface area (Å²) in [5.74, 6) is -0.948. The smallest absolute Gasteiger partial charge is 0.431 e. The third-order valence-corrected chi connectivity index (χ3v) is 2.10. The fraction of sp³-hybridized carbons (Fsp3) is 0.857. The third-order valence-electron chi connectivity index (χ3n) is 2.10. The lowest BCUT2D eigenvalue weighted by Gasteiger charge is -2.35. The zero-order valence-electron chi connectivity index (χ0n) is 7.45. The predicted molar refractivity (Wildman–Crippen MR) is 35.1 cm³/mol. The van der Waals surface area contributed by atoms with Crippen LogP contribution in [0, 0.1) is 0 Å². The topological polar surface area (TPSA) is 26.3 Å². The Kier molecular flexibility index (Phi) is 2.85. The van der Waals surface area contributed by atoms with Crippen LogP contribution in [-0.2, 0) is 9.53 Å². The molecule has 0 radical (unpaired) electrons. The molecule has 0 amide bonds. The van der Waals surface area contributed by atoms with Crippen molar-refractivity contribution in [2.45, 2.75) is 37.0 Å². The number of cyclic esters (lactones) is 1. The molecular weight excluding hydrogens is 249 g/mol. The minimum Gasteiger partial charge on any atom is -0.462 e. The first-order valence-electron chi connectivity index (χ1n) is 3.99. The lowest BCUT2D eigenvalue weighted by molar-refractivity contribution is -0.349. The molecule has 0 bridgehead atoms. The monoisotopic (exact) mass is 254 g/mol. The highest BCUT2D eigenvalue weighted by Gasteiger charge is 2.73. The first-order valence-corrected chi connectivity index (χ1v) is 3.99. The summed E-state index contributed by atoms with van der Waals surface area (Å²) in [6.07, 6.45) is -16.5. The van der Waals surface area contributed by atoms with Gasteiger partial charge in [0.15, 0.2) is 0 Å². The van der Waals surface area contributed by atoms with E-state index in [0.717, 1.165) is 0 Å². The van der Waals surface area contributed by atoms with Gasteiger partial charge in [0.2, 0.25) is 0 Å². The van der Waals surface area contributed by atoms with Crippen molar-refractivity contribution in [1.82, 2.24) is 0 Å². The Morgan fingerprint density at radius 2 is 1.44 bits per heavy atom. The second-order valence-corrected chi connectivity index (χ2v) is 3.32. The molecule has 2 nitrogen and oxygen atoms in total. The van der Waals surface area contributed by atoms with E-state index in [-0.39, 0.29) is 0 Å². The Morgan fingerprint density at radius 1 is 1.06 bits per heavy atom. The number of hydrogen-bond donors (Lipinski definition) is 0. The van der Waals surface area contributed by atoms with Crippen LogP contribution in [0.15, 0.2) is 0 Å². The molecule has 1 unspecified atom stereocenters. The molecule has 0 saturated carbocycles. The number of ether oxygens (including phenoxy) is 1. The molecule has 1 atom stereocenters. The summed E-state index contributed by atoms with van der Waals surface area (Å²) in [7, 11) is 0. The van der Waals surface area contributed by atoms with E-state index >= 15 is 0 Å². The molecule has 1 aliphatic rings. The van der Waals surface area contributed by atoms with Crippen molar-refractivity contribution in [3.8, 4) is 0 Å². The van der Waals surface area contributed by atoms with Crippen LogP contribution in [0.25, 0.3) is 0 Å². The molecular formula is C7H5F7O2. The zero-order chi connectivity index (χ0) is 12.8. The predicted octanol–water partition coefficient (Wildman–Crippen LogP) is 2.52. The van der Waals surface area contributed by atoms with Gasteiger partial charge in [0.1, 0.15) is 6.10 Å². The average molecular weight is 254 g/mol. The lowest BCUT2D eigenvalue weighted by Crippen LogP contribution is -2.56. The Morgan fingerprint density at radius 3 is 1.69 bits per heavy atom. The molecule has 0 aromatic carbocycles. The maximum absolute atomic E-state index is 13.0. The van der Waals surface area contributed by atoms with Crippen molar-refractivity contribution in [1.29, 1.82) is 0 Å². The van der Waals surface area contributed by atoms with Crippen LogP contribution in [0.1, 0.15) is 12.8 Å². The van der Waals surface area contributed by atoms with Crippen LogP contribution < -0.4 is 0 Å². The van der Waals surface area contributed by atoms with Crippen LogP contribution in [0.4, 0.5) is 30.7 Å². The lowest BCUT2D eigenvalue weighted by atomic mass is 9.93. The Balaban J connectivity index is 2.84. The highest BCUT2D eigenvalue weighted by Crippen LogP contribution is 2.50. The van der Waals surface area contributed by atoms with Gasteiger partial charge in [-0.3, -0.25) is 4.79 Å². The number of esters is 1. The molecule has 1 aliphatic heterocycles. The number of hydrogen-bond acceptors (Lipinski definition) is 2. The summed E-state index contributed by atoms with van der Waals surface area (Å²) in [4.78, 5) is 10.2. The quantitative estimate of drug-likeness (QED) is 0.559. The van der Waals surface area contributed by atoms with Gasteiger partial charge in [0, 0.05) is 6.42 Å². The second-order valence-electron chi connectivity index (χ2n) is 3.32. The van der Waals surface area contributed by atoms with E-state index in [9.17, 15) is 35.5 Å². The van der Waals surface area contributed by atoms with E-state index in [2.05, 4.69) is 4.74 Å². The van der Waals surface area contributed by atoms with Gasteiger partial charge >= 0.3 is 24.0 Å². The minimum absolute atomic E-state index is 0.641. The highest BCUT2D eigenvalue weighted by molar-refractivity contribution is 5.75. The second kappa shape index (κ2) is 3.49. The Labute approximate surface area is 84.4 Å². The van der Waals surface area contributed by atoms with Gasteiger partial charge in [-0.25, -0.2) is 4.39 Å². The van der Waals surface area contributed by atoms with E-state index < -0.39 is 42.9 Å². The van der Waals surface area contributed by atoms with E-state index in [1.807, 2.05) is 0 Å². The molecule has 0 aromatic heterocycles. The summed E-state index contributed by atoms with van der Waals surface area (Å²) in [5, 5.41) is 0.